The number of alkyl halides is 2. The monoisotopic (exact) mass is 457 g/mol. The number of rotatable bonds is 5. The number of halogens is 2. The Bertz CT molecular complexity index is 1280. The minimum Gasteiger partial charge on any atom is -0.476 e. The Balaban J connectivity index is 1.80. The molecule has 0 saturated carbocycles. The summed E-state index contributed by atoms with van der Waals surface area (Å²) in [4.78, 5) is 35.1. The summed E-state index contributed by atoms with van der Waals surface area (Å²) < 4.78 is 28.7. The van der Waals surface area contributed by atoms with E-state index in [1.54, 1.807) is 30.1 Å². The maximum Gasteiger partial charge on any atom is 0.356 e. The molecule has 1 atom stereocenters. The lowest BCUT2D eigenvalue weighted by Gasteiger charge is -2.33. The van der Waals surface area contributed by atoms with Gasteiger partial charge in [0.05, 0.1) is 22.6 Å². The van der Waals surface area contributed by atoms with Crippen molar-refractivity contribution in [1.29, 1.82) is 0 Å². The van der Waals surface area contributed by atoms with Gasteiger partial charge in [-0.25, -0.2) is 23.5 Å². The zero-order chi connectivity index (χ0) is 23.9. The third-order valence-corrected chi connectivity index (χ3v) is 5.96. The minimum atomic E-state index is -2.71. The smallest absolute Gasteiger partial charge is 0.356 e. The molecule has 0 spiro atoms. The number of benzene rings is 1. The number of piperidine rings is 1. The molecule has 8 nitrogen and oxygen atoms in total. The molecule has 0 amide bonds. The summed E-state index contributed by atoms with van der Waals surface area (Å²) in [5.41, 5.74) is 1.97. The highest BCUT2D eigenvalue weighted by molar-refractivity contribution is 5.92. The van der Waals surface area contributed by atoms with Crippen LogP contribution >= 0.6 is 0 Å². The molecule has 1 aliphatic rings. The number of hydrogen-bond donors (Lipinski definition) is 2. The van der Waals surface area contributed by atoms with Crippen molar-refractivity contribution >= 4 is 28.5 Å². The number of nitrogens with one attached hydrogen (secondary N) is 1. The van der Waals surface area contributed by atoms with Gasteiger partial charge < -0.3 is 15.3 Å². The third kappa shape index (κ3) is 4.37. The number of aromatic nitrogens is 3. The van der Waals surface area contributed by atoms with E-state index in [2.05, 4.69) is 10.3 Å². The lowest BCUT2D eigenvalue weighted by Crippen LogP contribution is -2.42. The molecular weight excluding hydrogens is 432 g/mol. The van der Waals surface area contributed by atoms with E-state index in [-0.39, 0.29) is 37.2 Å². The van der Waals surface area contributed by atoms with Crippen LogP contribution in [0.3, 0.4) is 0 Å². The molecule has 0 bridgehead atoms. The summed E-state index contributed by atoms with van der Waals surface area (Å²) in [7, 11) is 1.59. The van der Waals surface area contributed by atoms with Crippen LogP contribution in [0.4, 0.5) is 20.4 Å². The number of carboxylic acid groups (broad SMARTS) is 1. The van der Waals surface area contributed by atoms with E-state index < -0.39 is 17.9 Å². The van der Waals surface area contributed by atoms with E-state index in [9.17, 15) is 23.5 Å². The number of carboxylic acids is 1. The van der Waals surface area contributed by atoms with Crippen molar-refractivity contribution in [2.45, 2.75) is 38.7 Å². The predicted octanol–water partition coefficient (Wildman–Crippen LogP) is 3.74. The molecule has 3 heterocycles. The quantitative estimate of drug-likeness (QED) is 0.602. The first kappa shape index (κ1) is 22.6. The fraction of sp³-hybridized carbons (Fsp3) is 0.391. The Kier molecular flexibility index (Phi) is 5.77. The summed E-state index contributed by atoms with van der Waals surface area (Å²) in [5.74, 6) is -3.53. The Morgan fingerprint density at radius 3 is 2.64 bits per heavy atom. The maximum atomic E-state index is 13.7. The third-order valence-electron chi connectivity index (χ3n) is 5.96. The Morgan fingerprint density at radius 2 is 1.97 bits per heavy atom. The molecule has 174 valence electrons. The van der Waals surface area contributed by atoms with Gasteiger partial charge in [-0.3, -0.25) is 9.36 Å². The molecule has 0 unspecified atom stereocenters. The van der Waals surface area contributed by atoms with E-state index in [0.717, 1.165) is 5.56 Å². The topological polar surface area (TPSA) is 100 Å². The van der Waals surface area contributed by atoms with Crippen LogP contribution in [0.5, 0.6) is 0 Å². The fourth-order valence-corrected chi connectivity index (χ4v) is 4.19. The molecule has 2 N–H and O–H groups in total. The highest BCUT2D eigenvalue weighted by Gasteiger charge is 2.35. The largest absolute Gasteiger partial charge is 0.476 e. The van der Waals surface area contributed by atoms with Gasteiger partial charge in [0.15, 0.2) is 5.69 Å². The van der Waals surface area contributed by atoms with Crippen molar-refractivity contribution in [3.05, 3.63) is 57.6 Å². The van der Waals surface area contributed by atoms with Crippen LogP contribution in [0.15, 0.2) is 35.3 Å². The van der Waals surface area contributed by atoms with Gasteiger partial charge in [0.2, 0.25) is 5.95 Å². The van der Waals surface area contributed by atoms with Crippen molar-refractivity contribution in [3.8, 4) is 0 Å². The van der Waals surface area contributed by atoms with Gasteiger partial charge in [-0.05, 0) is 37.6 Å². The normalized spacial score (nSPS) is 16.6. The summed E-state index contributed by atoms with van der Waals surface area (Å²) in [6, 6.07) is 6.48. The number of hydrogen-bond acceptors (Lipinski definition) is 6. The van der Waals surface area contributed by atoms with Crippen LogP contribution in [0.1, 0.15) is 47.4 Å². The molecule has 1 saturated heterocycles. The minimum absolute atomic E-state index is 0.103. The van der Waals surface area contributed by atoms with Gasteiger partial charge in [0, 0.05) is 44.7 Å². The van der Waals surface area contributed by atoms with Gasteiger partial charge in [0.1, 0.15) is 0 Å². The standard InChI is InChI=1S/C23H25F2N5O3/c1-13-11-15(14(2)27-17-5-4-8-26-19(17)21(32)33)18-16(12-13)20(31)29(3)22(28-18)30-9-6-23(24,25)7-10-30/h4-5,8,11-12,14,27H,6-7,9-10H2,1-3H3,(H,32,33)/t14-/m1/s1. The molecule has 0 radical (unpaired) electrons. The Morgan fingerprint density at radius 1 is 1.27 bits per heavy atom. The summed E-state index contributed by atoms with van der Waals surface area (Å²) in [5, 5.41) is 13.0. The predicted molar refractivity (Wildman–Crippen MR) is 121 cm³/mol. The van der Waals surface area contributed by atoms with E-state index in [1.807, 2.05) is 19.9 Å². The highest BCUT2D eigenvalue weighted by atomic mass is 19.3. The first-order valence-corrected chi connectivity index (χ1v) is 10.7. The fourth-order valence-electron chi connectivity index (χ4n) is 4.19. The van der Waals surface area contributed by atoms with Crippen LogP contribution in [-0.4, -0.2) is 44.6 Å². The molecule has 1 aliphatic heterocycles. The van der Waals surface area contributed by atoms with Crippen LogP contribution in [0.2, 0.25) is 0 Å². The molecule has 4 rings (SSSR count). The molecule has 1 aromatic carbocycles. The number of aryl methyl sites for hydroxylation is 1. The number of fused-ring (bicyclic) bond motifs is 1. The van der Waals surface area contributed by atoms with Crippen LogP contribution in [0, 0.1) is 6.92 Å². The van der Waals surface area contributed by atoms with E-state index in [4.69, 9.17) is 4.98 Å². The van der Waals surface area contributed by atoms with Crippen LogP contribution in [0.25, 0.3) is 10.9 Å². The highest BCUT2D eigenvalue weighted by Crippen LogP contribution is 2.32. The molecule has 10 heteroatoms. The van der Waals surface area contributed by atoms with Crippen LogP contribution in [-0.2, 0) is 7.05 Å². The lowest BCUT2D eigenvalue weighted by molar-refractivity contribution is -0.0223. The second kappa shape index (κ2) is 8.42. The van der Waals surface area contributed by atoms with Gasteiger partial charge in [-0.15, -0.1) is 0 Å². The lowest BCUT2D eigenvalue weighted by atomic mass is 10.0. The zero-order valence-corrected chi connectivity index (χ0v) is 18.6. The molecule has 0 aliphatic carbocycles. The maximum absolute atomic E-state index is 13.7. The Hall–Kier alpha value is -3.56. The number of pyridine rings is 1. The number of carbonyl (C=O) groups is 1. The molecule has 3 aromatic rings. The van der Waals surface area contributed by atoms with Crippen molar-refractivity contribution in [2.75, 3.05) is 23.3 Å². The summed E-state index contributed by atoms with van der Waals surface area (Å²) in [6.45, 7) is 3.91. The van der Waals surface area contributed by atoms with E-state index >= 15 is 0 Å². The van der Waals surface area contributed by atoms with Crippen molar-refractivity contribution in [1.82, 2.24) is 14.5 Å². The average molecular weight is 457 g/mol. The Labute approximate surface area is 188 Å². The van der Waals surface area contributed by atoms with Gasteiger partial charge in [0.25, 0.3) is 11.5 Å². The number of anilines is 2. The first-order valence-electron chi connectivity index (χ1n) is 10.7. The van der Waals surface area contributed by atoms with Gasteiger partial charge in [-0.1, -0.05) is 6.07 Å². The average Bonchev–Trinajstić information content (AvgIpc) is 2.76. The van der Waals surface area contributed by atoms with Crippen molar-refractivity contribution < 1.29 is 18.7 Å². The van der Waals surface area contributed by atoms with Gasteiger partial charge >= 0.3 is 5.97 Å². The summed E-state index contributed by atoms with van der Waals surface area (Å²) in [6.07, 6.45) is 0.818. The van der Waals surface area contributed by atoms with E-state index in [0.29, 0.717) is 28.1 Å². The van der Waals surface area contributed by atoms with Crippen molar-refractivity contribution in [2.24, 2.45) is 7.05 Å². The number of aromatic carboxylic acids is 1. The van der Waals surface area contributed by atoms with E-state index in [1.165, 1.54) is 10.8 Å². The number of nitrogens with zero attached hydrogens (tertiary/aromatic N) is 4. The first-order chi connectivity index (χ1) is 15.6. The molecule has 2 aromatic heterocycles. The van der Waals surface area contributed by atoms with Gasteiger partial charge in [-0.2, -0.15) is 0 Å². The van der Waals surface area contributed by atoms with Crippen molar-refractivity contribution in [3.63, 3.8) is 0 Å². The second-order valence-electron chi connectivity index (χ2n) is 8.44. The molecule has 33 heavy (non-hydrogen) atoms. The second-order valence-corrected chi connectivity index (χ2v) is 8.44. The summed E-state index contributed by atoms with van der Waals surface area (Å²) >= 11 is 0. The van der Waals surface area contributed by atoms with Crippen LogP contribution < -0.4 is 15.8 Å². The molecule has 1 fully saturated rings. The molecular formula is C23H25F2N5O3. The zero-order valence-electron chi connectivity index (χ0n) is 18.6. The SMILES string of the molecule is Cc1cc([C@@H](C)Nc2cccnc2C(=O)O)c2nc(N3CCC(F)(F)CC3)n(C)c(=O)c2c1.